The molecule has 2 nitrogen and oxygen atoms in total. The average molecular weight is 312 g/mol. The first-order valence-electron chi connectivity index (χ1n) is 6.66. The van der Waals surface area contributed by atoms with Crippen LogP contribution in [0, 0.1) is 11.6 Å². The van der Waals surface area contributed by atoms with Crippen LogP contribution in [0.1, 0.15) is 18.1 Å². The van der Waals surface area contributed by atoms with Crippen molar-refractivity contribution in [3.05, 3.63) is 64.2 Å². The molecule has 0 saturated carbocycles. The van der Waals surface area contributed by atoms with Gasteiger partial charge in [-0.1, -0.05) is 24.6 Å². The lowest BCUT2D eigenvalue weighted by Gasteiger charge is -2.13. The average Bonchev–Trinajstić information content (AvgIpc) is 2.45. The summed E-state index contributed by atoms with van der Waals surface area (Å²) in [5, 5.41) is 3.44. The topological polar surface area (TPSA) is 21.3 Å². The van der Waals surface area contributed by atoms with E-state index < -0.39 is 5.82 Å². The Labute approximate surface area is 127 Å². The van der Waals surface area contributed by atoms with Gasteiger partial charge in [0.15, 0.2) is 0 Å². The second-order valence-corrected chi connectivity index (χ2v) is 4.96. The summed E-state index contributed by atoms with van der Waals surface area (Å²) in [6.07, 6.45) is 0. The Morgan fingerprint density at radius 2 is 1.76 bits per heavy atom. The third kappa shape index (κ3) is 4.41. The lowest BCUT2D eigenvalue weighted by atomic mass is 10.2. The number of halogens is 3. The van der Waals surface area contributed by atoms with E-state index in [0.717, 1.165) is 12.1 Å². The SMILES string of the molecule is CCNCc1cc(F)ccc1OCc1ccc(F)cc1Cl. The molecular formula is C16H16ClF2NO. The zero-order valence-electron chi connectivity index (χ0n) is 11.6. The number of hydrogen-bond donors (Lipinski definition) is 1. The van der Waals surface area contributed by atoms with Gasteiger partial charge in [-0.05, 0) is 36.9 Å². The summed E-state index contributed by atoms with van der Waals surface area (Å²) in [4.78, 5) is 0. The minimum Gasteiger partial charge on any atom is -0.489 e. The Kier molecular flexibility index (Phi) is 5.53. The minimum atomic E-state index is -0.390. The number of hydrogen-bond acceptors (Lipinski definition) is 2. The first-order valence-corrected chi connectivity index (χ1v) is 7.04. The van der Waals surface area contributed by atoms with Crippen molar-refractivity contribution in [3.63, 3.8) is 0 Å². The van der Waals surface area contributed by atoms with Crippen LogP contribution in [0.5, 0.6) is 5.75 Å². The predicted molar refractivity (Wildman–Crippen MR) is 79.5 cm³/mol. The second kappa shape index (κ2) is 7.38. The van der Waals surface area contributed by atoms with Gasteiger partial charge in [0.25, 0.3) is 0 Å². The van der Waals surface area contributed by atoms with Gasteiger partial charge in [-0.2, -0.15) is 0 Å². The van der Waals surface area contributed by atoms with E-state index in [1.165, 1.54) is 24.3 Å². The highest BCUT2D eigenvalue weighted by atomic mass is 35.5. The van der Waals surface area contributed by atoms with Gasteiger partial charge in [0, 0.05) is 17.7 Å². The smallest absolute Gasteiger partial charge is 0.124 e. The molecule has 0 aliphatic rings. The summed E-state index contributed by atoms with van der Waals surface area (Å²) in [6.45, 7) is 3.46. The van der Waals surface area contributed by atoms with E-state index in [-0.39, 0.29) is 12.4 Å². The molecule has 0 atom stereocenters. The lowest BCUT2D eigenvalue weighted by molar-refractivity contribution is 0.301. The number of rotatable bonds is 6. The molecule has 0 fully saturated rings. The quantitative estimate of drug-likeness (QED) is 0.858. The van der Waals surface area contributed by atoms with Gasteiger partial charge < -0.3 is 10.1 Å². The summed E-state index contributed by atoms with van der Waals surface area (Å²) < 4.78 is 32.0. The van der Waals surface area contributed by atoms with Crippen LogP contribution in [0.3, 0.4) is 0 Å². The van der Waals surface area contributed by atoms with Crippen molar-refractivity contribution in [2.24, 2.45) is 0 Å². The molecule has 0 bridgehead atoms. The maximum atomic E-state index is 13.3. The van der Waals surface area contributed by atoms with Gasteiger partial charge in [-0.25, -0.2) is 8.78 Å². The van der Waals surface area contributed by atoms with Gasteiger partial charge in [0.1, 0.15) is 24.0 Å². The summed E-state index contributed by atoms with van der Waals surface area (Å²) in [5.41, 5.74) is 1.41. The third-order valence-electron chi connectivity index (χ3n) is 2.99. The van der Waals surface area contributed by atoms with Gasteiger partial charge in [0.2, 0.25) is 0 Å². The number of nitrogens with one attached hydrogen (secondary N) is 1. The zero-order valence-corrected chi connectivity index (χ0v) is 12.4. The summed E-state index contributed by atoms with van der Waals surface area (Å²) in [5.74, 6) is -0.119. The second-order valence-electron chi connectivity index (χ2n) is 4.56. The fraction of sp³-hybridized carbons (Fsp3) is 0.250. The molecule has 0 heterocycles. The molecule has 2 rings (SSSR count). The van der Waals surface area contributed by atoms with E-state index >= 15 is 0 Å². The normalized spacial score (nSPS) is 10.7. The van der Waals surface area contributed by atoms with E-state index in [0.29, 0.717) is 22.9 Å². The van der Waals surface area contributed by atoms with Crippen molar-refractivity contribution in [2.45, 2.75) is 20.1 Å². The van der Waals surface area contributed by atoms with Crippen molar-refractivity contribution >= 4 is 11.6 Å². The molecule has 0 aliphatic heterocycles. The van der Waals surface area contributed by atoms with Crippen molar-refractivity contribution in [2.75, 3.05) is 6.54 Å². The first kappa shape index (κ1) is 15.7. The number of benzene rings is 2. The number of ether oxygens (including phenoxy) is 1. The van der Waals surface area contributed by atoms with Crippen molar-refractivity contribution in [1.82, 2.24) is 5.32 Å². The molecule has 21 heavy (non-hydrogen) atoms. The molecule has 0 radical (unpaired) electrons. The Morgan fingerprint density at radius 1 is 1.05 bits per heavy atom. The predicted octanol–water partition coefficient (Wildman–Crippen LogP) is 4.31. The Bertz CT molecular complexity index is 619. The molecule has 0 saturated heterocycles. The highest BCUT2D eigenvalue weighted by molar-refractivity contribution is 6.31. The summed E-state index contributed by atoms with van der Waals surface area (Å²) >= 11 is 5.95. The molecule has 5 heteroatoms. The first-order chi connectivity index (χ1) is 10.1. The molecule has 2 aromatic carbocycles. The van der Waals surface area contributed by atoms with Gasteiger partial charge in [-0.3, -0.25) is 0 Å². The molecule has 2 aromatic rings. The maximum Gasteiger partial charge on any atom is 0.124 e. The fourth-order valence-corrected chi connectivity index (χ4v) is 2.10. The minimum absolute atomic E-state index is 0.198. The van der Waals surface area contributed by atoms with Gasteiger partial charge in [0.05, 0.1) is 5.02 Å². The molecule has 112 valence electrons. The fourth-order valence-electron chi connectivity index (χ4n) is 1.88. The Morgan fingerprint density at radius 3 is 2.48 bits per heavy atom. The van der Waals surface area contributed by atoms with Gasteiger partial charge in [-0.15, -0.1) is 0 Å². The van der Waals surface area contributed by atoms with Crippen LogP contribution in [0.2, 0.25) is 5.02 Å². The van der Waals surface area contributed by atoms with Crippen LogP contribution >= 0.6 is 11.6 Å². The zero-order chi connectivity index (χ0) is 15.2. The van der Waals surface area contributed by atoms with Crippen molar-refractivity contribution in [3.8, 4) is 5.75 Å². The largest absolute Gasteiger partial charge is 0.489 e. The monoisotopic (exact) mass is 311 g/mol. The Balaban J connectivity index is 2.11. The molecule has 0 unspecified atom stereocenters. The summed E-state index contributed by atoms with van der Waals surface area (Å²) in [7, 11) is 0. The molecule has 0 aliphatic carbocycles. The molecule has 0 aromatic heterocycles. The van der Waals surface area contributed by atoms with Crippen LogP contribution in [0.25, 0.3) is 0 Å². The standard InChI is InChI=1S/C16H16ClF2NO/c1-2-20-9-12-7-13(18)5-6-16(12)21-10-11-3-4-14(19)8-15(11)17/h3-8,20H,2,9-10H2,1H3. The Hall–Kier alpha value is -1.65. The van der Waals surface area contributed by atoms with Crippen LogP contribution < -0.4 is 10.1 Å². The van der Waals surface area contributed by atoms with Crippen molar-refractivity contribution in [1.29, 1.82) is 0 Å². The van der Waals surface area contributed by atoms with E-state index in [4.69, 9.17) is 16.3 Å². The lowest BCUT2D eigenvalue weighted by Crippen LogP contribution is -2.13. The van der Waals surface area contributed by atoms with E-state index in [1.807, 2.05) is 6.92 Å². The van der Waals surface area contributed by atoms with E-state index in [9.17, 15) is 8.78 Å². The third-order valence-corrected chi connectivity index (χ3v) is 3.34. The summed E-state index contributed by atoms with van der Waals surface area (Å²) in [6, 6.07) is 8.51. The van der Waals surface area contributed by atoms with Crippen molar-refractivity contribution < 1.29 is 13.5 Å². The van der Waals surface area contributed by atoms with Crippen LogP contribution in [0.15, 0.2) is 36.4 Å². The molecular weight excluding hydrogens is 296 g/mol. The van der Waals surface area contributed by atoms with E-state index in [1.54, 1.807) is 12.1 Å². The molecule has 1 N–H and O–H groups in total. The van der Waals surface area contributed by atoms with Crippen LogP contribution in [-0.4, -0.2) is 6.54 Å². The molecule has 0 spiro atoms. The van der Waals surface area contributed by atoms with Crippen LogP contribution in [-0.2, 0) is 13.2 Å². The van der Waals surface area contributed by atoms with Gasteiger partial charge >= 0.3 is 0 Å². The maximum absolute atomic E-state index is 13.3. The highest BCUT2D eigenvalue weighted by Crippen LogP contribution is 2.23. The highest BCUT2D eigenvalue weighted by Gasteiger charge is 2.08. The molecule has 0 amide bonds. The van der Waals surface area contributed by atoms with Crippen LogP contribution in [0.4, 0.5) is 8.78 Å². The van der Waals surface area contributed by atoms with E-state index in [2.05, 4.69) is 5.32 Å².